The van der Waals surface area contributed by atoms with Gasteiger partial charge in [-0.3, -0.25) is 0 Å². The van der Waals surface area contributed by atoms with Crippen molar-refractivity contribution in [3.05, 3.63) is 12.7 Å². The second-order valence-corrected chi connectivity index (χ2v) is 3.22. The highest BCUT2D eigenvalue weighted by atomic mass is 16.4. The first-order valence-corrected chi connectivity index (χ1v) is 5.19. The first-order valence-electron chi connectivity index (χ1n) is 5.19. The fourth-order valence-electron chi connectivity index (χ4n) is 0.969. The van der Waals surface area contributed by atoms with E-state index in [0.29, 0.717) is 12.5 Å². The summed E-state index contributed by atoms with van der Waals surface area (Å²) in [5.74, 6) is -0.531. The summed E-state index contributed by atoms with van der Waals surface area (Å²) >= 11 is 0. The predicted molar refractivity (Wildman–Crippen MR) is 59.6 cm³/mol. The van der Waals surface area contributed by atoms with Crippen molar-refractivity contribution < 1.29 is 20.1 Å². The third kappa shape index (κ3) is 15.9. The number of hydrogen-bond donors (Lipinski definition) is 3. The van der Waals surface area contributed by atoms with Gasteiger partial charge in [0.05, 0.1) is 0 Å². The van der Waals surface area contributed by atoms with E-state index in [-0.39, 0.29) is 6.61 Å². The average molecular weight is 218 g/mol. The number of carbonyl (C=O) groups is 1. The van der Waals surface area contributed by atoms with Crippen molar-refractivity contribution in [3.8, 4) is 0 Å². The van der Waals surface area contributed by atoms with E-state index in [9.17, 15) is 4.79 Å². The van der Waals surface area contributed by atoms with Crippen LogP contribution in [0, 0.1) is 5.92 Å². The molecule has 4 heteroatoms. The Morgan fingerprint density at radius 3 is 2.20 bits per heavy atom. The highest BCUT2D eigenvalue weighted by Gasteiger charge is 2.02. The van der Waals surface area contributed by atoms with Crippen molar-refractivity contribution in [1.29, 1.82) is 0 Å². The van der Waals surface area contributed by atoms with Crippen LogP contribution in [0.5, 0.6) is 0 Å². The first kappa shape index (κ1) is 16.6. The molecule has 15 heavy (non-hydrogen) atoms. The van der Waals surface area contributed by atoms with Gasteiger partial charge >= 0.3 is 5.97 Å². The summed E-state index contributed by atoms with van der Waals surface area (Å²) in [6.07, 6.45) is 4.83. The highest BCUT2D eigenvalue weighted by Crippen LogP contribution is 2.10. The minimum absolute atomic E-state index is 0.280. The van der Waals surface area contributed by atoms with Crippen molar-refractivity contribution in [1.82, 2.24) is 0 Å². The third-order valence-corrected chi connectivity index (χ3v) is 2.03. The van der Waals surface area contributed by atoms with Crippen molar-refractivity contribution >= 4 is 5.97 Å². The number of aliphatic hydroxyl groups excluding tert-OH is 2. The number of rotatable bonds is 7. The Morgan fingerprint density at radius 1 is 1.40 bits per heavy atom. The van der Waals surface area contributed by atoms with E-state index in [1.807, 2.05) is 0 Å². The van der Waals surface area contributed by atoms with Crippen LogP contribution in [-0.2, 0) is 4.79 Å². The molecule has 0 radical (unpaired) electrons. The minimum Gasteiger partial charge on any atom is -0.478 e. The summed E-state index contributed by atoms with van der Waals surface area (Å²) in [5.41, 5.74) is 0. The number of aliphatic hydroxyl groups is 2. The molecule has 0 aromatic carbocycles. The van der Waals surface area contributed by atoms with Gasteiger partial charge in [-0.25, -0.2) is 4.79 Å². The van der Waals surface area contributed by atoms with Crippen LogP contribution in [0.25, 0.3) is 0 Å². The highest BCUT2D eigenvalue weighted by molar-refractivity contribution is 5.78. The maximum atomic E-state index is 9.25. The Kier molecular flexibility index (Phi) is 14.5. The Morgan fingerprint density at radius 2 is 1.93 bits per heavy atom. The number of aliphatic carboxylic acids is 1. The number of carboxylic acid groups (broad SMARTS) is 1. The van der Waals surface area contributed by atoms with Crippen molar-refractivity contribution in [3.63, 3.8) is 0 Å². The molecular weight excluding hydrogens is 196 g/mol. The molecule has 1 atom stereocenters. The maximum absolute atomic E-state index is 9.25. The molecule has 0 aromatic heterocycles. The molecule has 3 N–H and O–H groups in total. The zero-order chi connectivity index (χ0) is 12.1. The summed E-state index contributed by atoms with van der Waals surface area (Å²) in [5, 5.41) is 24.8. The van der Waals surface area contributed by atoms with Crippen LogP contribution < -0.4 is 0 Å². The van der Waals surface area contributed by atoms with Crippen LogP contribution in [0.15, 0.2) is 12.7 Å². The third-order valence-electron chi connectivity index (χ3n) is 2.03. The van der Waals surface area contributed by atoms with E-state index in [1.165, 1.54) is 0 Å². The number of unbranched alkanes of at least 4 members (excludes halogenated alkanes) is 1. The van der Waals surface area contributed by atoms with Gasteiger partial charge in [0.25, 0.3) is 0 Å². The van der Waals surface area contributed by atoms with Crippen LogP contribution in [0.4, 0.5) is 0 Å². The summed E-state index contributed by atoms with van der Waals surface area (Å²) in [6.45, 7) is 5.62. The lowest BCUT2D eigenvalue weighted by molar-refractivity contribution is -0.131. The molecule has 0 aliphatic heterocycles. The zero-order valence-electron chi connectivity index (χ0n) is 9.35. The summed E-state index contributed by atoms with van der Waals surface area (Å²) in [6, 6.07) is 0. The number of carboxylic acids is 1. The zero-order valence-corrected chi connectivity index (χ0v) is 9.35. The second-order valence-electron chi connectivity index (χ2n) is 3.22. The molecule has 1 unspecified atom stereocenters. The Bertz CT molecular complexity index is 153. The van der Waals surface area contributed by atoms with Gasteiger partial charge in [0.1, 0.15) is 0 Å². The molecule has 90 valence electrons. The fraction of sp³-hybridized carbons (Fsp3) is 0.727. The Labute approximate surface area is 91.2 Å². The topological polar surface area (TPSA) is 77.8 Å². The van der Waals surface area contributed by atoms with E-state index in [0.717, 1.165) is 31.8 Å². The lowest BCUT2D eigenvalue weighted by Crippen LogP contribution is -2.04. The van der Waals surface area contributed by atoms with Gasteiger partial charge in [0.2, 0.25) is 0 Å². The second kappa shape index (κ2) is 13.1. The van der Waals surface area contributed by atoms with Crippen molar-refractivity contribution in [2.75, 3.05) is 13.2 Å². The van der Waals surface area contributed by atoms with Crippen molar-refractivity contribution in [2.45, 2.75) is 32.6 Å². The van der Waals surface area contributed by atoms with E-state index < -0.39 is 5.97 Å². The summed E-state index contributed by atoms with van der Waals surface area (Å²) in [4.78, 5) is 9.25. The average Bonchev–Trinajstić information content (AvgIpc) is 2.25. The van der Waals surface area contributed by atoms with Gasteiger partial charge in [-0.05, 0) is 18.8 Å². The van der Waals surface area contributed by atoms with Gasteiger partial charge in [-0.1, -0.05) is 26.3 Å². The van der Waals surface area contributed by atoms with Crippen LogP contribution in [0.1, 0.15) is 32.6 Å². The molecule has 0 aromatic rings. The molecule has 0 heterocycles. The van der Waals surface area contributed by atoms with Crippen molar-refractivity contribution in [2.24, 2.45) is 5.92 Å². The first-order chi connectivity index (χ1) is 7.12. The normalized spacial score (nSPS) is 11.1. The van der Waals surface area contributed by atoms with Crippen LogP contribution >= 0.6 is 0 Å². The Balaban J connectivity index is 0. The largest absolute Gasteiger partial charge is 0.478 e. The quantitative estimate of drug-likeness (QED) is 0.446. The van der Waals surface area contributed by atoms with Gasteiger partial charge in [-0.15, -0.1) is 0 Å². The van der Waals surface area contributed by atoms with Gasteiger partial charge in [0.15, 0.2) is 0 Å². The number of hydrogen-bond acceptors (Lipinski definition) is 3. The molecule has 0 fully saturated rings. The summed E-state index contributed by atoms with van der Waals surface area (Å²) in [7, 11) is 0. The van der Waals surface area contributed by atoms with Gasteiger partial charge in [-0.2, -0.15) is 0 Å². The SMILES string of the molecule is C=CC(=O)O.CCC(CO)CCCCO. The maximum Gasteiger partial charge on any atom is 0.327 e. The molecule has 0 aliphatic rings. The fourth-order valence-corrected chi connectivity index (χ4v) is 0.969. The lowest BCUT2D eigenvalue weighted by atomic mass is 10.0. The molecule has 0 spiro atoms. The lowest BCUT2D eigenvalue weighted by Gasteiger charge is -2.09. The molecule has 0 aliphatic carbocycles. The molecule has 0 saturated heterocycles. The molecule has 0 bridgehead atoms. The predicted octanol–water partition coefficient (Wildman–Crippen LogP) is 1.42. The smallest absolute Gasteiger partial charge is 0.327 e. The molecule has 0 rings (SSSR count). The Hall–Kier alpha value is -0.870. The van der Waals surface area contributed by atoms with E-state index in [1.54, 1.807) is 0 Å². The monoisotopic (exact) mass is 218 g/mol. The summed E-state index contributed by atoms with van der Waals surface area (Å²) < 4.78 is 0. The standard InChI is InChI=1S/C8H18O2.C3H4O2/c1-2-8(7-10)5-3-4-6-9;1-2-3(4)5/h8-10H,2-7H2,1H3;2H,1H2,(H,4,5). The van der Waals surface area contributed by atoms with Crippen LogP contribution in [0.2, 0.25) is 0 Å². The van der Waals surface area contributed by atoms with Crippen LogP contribution in [-0.4, -0.2) is 34.5 Å². The molecule has 4 nitrogen and oxygen atoms in total. The molecule has 0 saturated carbocycles. The van der Waals surface area contributed by atoms with E-state index >= 15 is 0 Å². The molecular formula is C11H22O4. The van der Waals surface area contributed by atoms with Gasteiger partial charge < -0.3 is 15.3 Å². The van der Waals surface area contributed by atoms with Gasteiger partial charge in [0, 0.05) is 19.3 Å². The van der Waals surface area contributed by atoms with E-state index in [4.69, 9.17) is 15.3 Å². The van der Waals surface area contributed by atoms with Crippen LogP contribution in [0.3, 0.4) is 0 Å². The van der Waals surface area contributed by atoms with E-state index in [2.05, 4.69) is 13.5 Å². The minimum atomic E-state index is -0.981. The molecule has 0 amide bonds.